The van der Waals surface area contributed by atoms with Gasteiger partial charge in [-0.3, -0.25) is 4.68 Å². The van der Waals surface area contributed by atoms with E-state index >= 15 is 0 Å². The van der Waals surface area contributed by atoms with Gasteiger partial charge in [-0.25, -0.2) is 4.98 Å². The van der Waals surface area contributed by atoms with Crippen molar-refractivity contribution in [2.45, 2.75) is 6.92 Å². The van der Waals surface area contributed by atoms with Crippen LogP contribution in [0.3, 0.4) is 0 Å². The molecule has 2 rings (SSSR count). The van der Waals surface area contributed by atoms with E-state index in [1.165, 1.54) is 6.21 Å². The van der Waals surface area contributed by atoms with E-state index in [-0.39, 0.29) is 5.96 Å². The number of rotatable bonds is 2. The summed E-state index contributed by atoms with van der Waals surface area (Å²) in [4.78, 5) is 4.26. The van der Waals surface area contributed by atoms with Crippen molar-refractivity contribution in [3.8, 4) is 0 Å². The van der Waals surface area contributed by atoms with Crippen molar-refractivity contribution in [2.24, 2.45) is 28.7 Å². The molecule has 0 saturated carbocycles. The van der Waals surface area contributed by atoms with E-state index < -0.39 is 0 Å². The lowest BCUT2D eigenvalue weighted by Crippen LogP contribution is -2.21. The number of hydrogen-bond donors (Lipinski definition) is 2. The third kappa shape index (κ3) is 2.25. The lowest BCUT2D eigenvalue weighted by Gasteiger charge is -1.98. The van der Waals surface area contributed by atoms with E-state index in [2.05, 4.69) is 20.3 Å². The molecule has 0 unspecified atom stereocenters. The normalized spacial score (nSPS) is 11.3. The third-order valence-electron chi connectivity index (χ3n) is 2.35. The maximum absolute atomic E-state index is 6.05. The van der Waals surface area contributed by atoms with Gasteiger partial charge in [0.05, 0.1) is 11.9 Å². The van der Waals surface area contributed by atoms with Crippen LogP contribution in [0.4, 0.5) is 0 Å². The zero-order valence-electron chi connectivity index (χ0n) is 9.92. The Balaban J connectivity index is 2.52. The molecule has 8 heteroatoms. The summed E-state index contributed by atoms with van der Waals surface area (Å²) < 4.78 is 1.67. The second-order valence-electron chi connectivity index (χ2n) is 3.72. The fraction of sp³-hybridized carbons (Fsp3) is 0.200. The molecular weight excluding hydrogens is 254 g/mol. The van der Waals surface area contributed by atoms with Crippen LogP contribution >= 0.6 is 11.6 Å². The summed E-state index contributed by atoms with van der Waals surface area (Å²) in [7, 11) is 1.81. The van der Waals surface area contributed by atoms with Gasteiger partial charge >= 0.3 is 0 Å². The minimum Gasteiger partial charge on any atom is -0.369 e. The van der Waals surface area contributed by atoms with Crippen LogP contribution in [0.25, 0.3) is 11.0 Å². The Labute approximate surface area is 108 Å². The van der Waals surface area contributed by atoms with Crippen LogP contribution in [-0.2, 0) is 7.05 Å². The largest absolute Gasteiger partial charge is 0.369 e. The summed E-state index contributed by atoms with van der Waals surface area (Å²) in [6.45, 7) is 1.90. The SMILES string of the molecule is Cc1nn(C)c2nc(Cl)c(C=NN=C(N)N)cc12. The van der Waals surface area contributed by atoms with Gasteiger partial charge in [-0.05, 0) is 13.0 Å². The average Bonchev–Trinajstić information content (AvgIpc) is 2.54. The fourth-order valence-electron chi connectivity index (χ4n) is 1.58. The Kier molecular flexibility index (Phi) is 3.15. The first-order valence-corrected chi connectivity index (χ1v) is 5.48. The van der Waals surface area contributed by atoms with Crippen molar-refractivity contribution in [1.29, 1.82) is 0 Å². The fourth-order valence-corrected chi connectivity index (χ4v) is 1.77. The second kappa shape index (κ2) is 4.61. The molecule has 0 spiro atoms. The van der Waals surface area contributed by atoms with E-state index in [0.717, 1.165) is 16.7 Å². The molecule has 0 fully saturated rings. The first-order chi connectivity index (χ1) is 8.49. The van der Waals surface area contributed by atoms with Crippen LogP contribution < -0.4 is 11.5 Å². The second-order valence-corrected chi connectivity index (χ2v) is 4.08. The summed E-state index contributed by atoms with van der Waals surface area (Å²) in [5, 5.41) is 12.7. The van der Waals surface area contributed by atoms with Gasteiger partial charge in [0.2, 0.25) is 5.96 Å². The highest BCUT2D eigenvalue weighted by Crippen LogP contribution is 2.21. The minimum absolute atomic E-state index is 0.117. The maximum atomic E-state index is 6.05. The smallest absolute Gasteiger partial charge is 0.211 e. The van der Waals surface area contributed by atoms with Crippen LogP contribution in [0.1, 0.15) is 11.3 Å². The number of fused-ring (bicyclic) bond motifs is 1. The van der Waals surface area contributed by atoms with Gasteiger partial charge in [-0.15, -0.1) is 5.10 Å². The molecule has 0 atom stereocenters. The minimum atomic E-state index is -0.117. The van der Waals surface area contributed by atoms with Crippen LogP contribution in [0.15, 0.2) is 16.3 Å². The summed E-state index contributed by atoms with van der Waals surface area (Å²) in [6.07, 6.45) is 1.45. The predicted octanol–water partition coefficient (Wildman–Crippen LogP) is 0.537. The first-order valence-electron chi connectivity index (χ1n) is 5.11. The van der Waals surface area contributed by atoms with Gasteiger partial charge in [0.25, 0.3) is 0 Å². The highest BCUT2D eigenvalue weighted by atomic mass is 35.5. The lowest BCUT2D eigenvalue weighted by molar-refractivity contribution is 0.774. The summed E-state index contributed by atoms with van der Waals surface area (Å²) in [5.41, 5.74) is 12.5. The van der Waals surface area contributed by atoms with Crippen molar-refractivity contribution in [3.05, 3.63) is 22.5 Å². The van der Waals surface area contributed by atoms with E-state index in [1.807, 2.05) is 20.0 Å². The van der Waals surface area contributed by atoms with Gasteiger partial charge in [0, 0.05) is 18.0 Å². The molecule has 2 heterocycles. The Morgan fingerprint density at radius 2 is 2.22 bits per heavy atom. The average molecular weight is 266 g/mol. The zero-order chi connectivity index (χ0) is 13.3. The van der Waals surface area contributed by atoms with Crippen LogP contribution in [-0.4, -0.2) is 26.9 Å². The van der Waals surface area contributed by atoms with Crippen molar-refractivity contribution < 1.29 is 0 Å². The molecule has 4 N–H and O–H groups in total. The Hall–Kier alpha value is -2.15. The van der Waals surface area contributed by atoms with Crippen molar-refractivity contribution in [1.82, 2.24) is 14.8 Å². The van der Waals surface area contributed by atoms with Crippen molar-refractivity contribution >= 4 is 34.8 Å². The molecule has 0 aliphatic heterocycles. The molecule has 7 nitrogen and oxygen atoms in total. The standard InChI is InChI=1S/C10H12ClN7/c1-5-7-3-6(4-14-16-10(12)13)8(11)15-9(7)18(2)17-5/h3-4H,1-2H3,(H4,12,13,16). The quantitative estimate of drug-likeness (QED) is 0.357. The van der Waals surface area contributed by atoms with Crippen LogP contribution in [0, 0.1) is 6.92 Å². The van der Waals surface area contributed by atoms with Gasteiger partial charge in [0.15, 0.2) is 5.65 Å². The molecule has 2 aromatic heterocycles. The topological polar surface area (TPSA) is 107 Å². The molecule has 0 aromatic carbocycles. The number of hydrogen-bond acceptors (Lipinski definition) is 4. The number of aryl methyl sites for hydroxylation is 2. The molecule has 0 aliphatic carbocycles. The monoisotopic (exact) mass is 265 g/mol. The summed E-state index contributed by atoms with van der Waals surface area (Å²) >= 11 is 6.05. The molecule has 0 radical (unpaired) electrons. The van der Waals surface area contributed by atoms with Gasteiger partial charge in [-0.2, -0.15) is 10.2 Å². The van der Waals surface area contributed by atoms with Gasteiger partial charge in [0.1, 0.15) is 5.15 Å². The molecule has 2 aromatic rings. The highest BCUT2D eigenvalue weighted by molar-refractivity contribution is 6.32. The third-order valence-corrected chi connectivity index (χ3v) is 2.65. The summed E-state index contributed by atoms with van der Waals surface area (Å²) in [6, 6.07) is 1.85. The molecule has 0 saturated heterocycles. The Bertz CT molecular complexity index is 652. The number of nitrogens with zero attached hydrogens (tertiary/aromatic N) is 5. The Morgan fingerprint density at radius 1 is 1.50 bits per heavy atom. The predicted molar refractivity (Wildman–Crippen MR) is 71.7 cm³/mol. The van der Waals surface area contributed by atoms with E-state index in [1.54, 1.807) is 4.68 Å². The van der Waals surface area contributed by atoms with Gasteiger partial charge < -0.3 is 11.5 Å². The molecule has 0 bridgehead atoms. The number of halogens is 1. The first kappa shape index (κ1) is 12.3. The van der Waals surface area contributed by atoms with Crippen LogP contribution in [0.5, 0.6) is 0 Å². The van der Waals surface area contributed by atoms with Crippen molar-refractivity contribution in [3.63, 3.8) is 0 Å². The number of pyridine rings is 1. The highest BCUT2D eigenvalue weighted by Gasteiger charge is 2.09. The molecule has 94 valence electrons. The molecule has 0 aliphatic rings. The maximum Gasteiger partial charge on any atom is 0.211 e. The number of nitrogens with two attached hydrogens (primary N) is 2. The Morgan fingerprint density at radius 3 is 2.89 bits per heavy atom. The van der Waals surface area contributed by atoms with Crippen molar-refractivity contribution in [2.75, 3.05) is 0 Å². The molecule has 0 amide bonds. The van der Waals surface area contributed by atoms with E-state index in [4.69, 9.17) is 23.1 Å². The lowest BCUT2D eigenvalue weighted by atomic mass is 10.2. The molecule has 18 heavy (non-hydrogen) atoms. The summed E-state index contributed by atoms with van der Waals surface area (Å²) in [5.74, 6) is -0.117. The van der Waals surface area contributed by atoms with Gasteiger partial charge in [-0.1, -0.05) is 11.6 Å². The molecular formula is C10H12ClN7. The number of guanidine groups is 1. The number of aromatic nitrogens is 3. The zero-order valence-corrected chi connectivity index (χ0v) is 10.7. The van der Waals surface area contributed by atoms with Crippen LogP contribution in [0.2, 0.25) is 5.15 Å². The van der Waals surface area contributed by atoms with E-state index in [0.29, 0.717) is 10.7 Å². The van der Waals surface area contributed by atoms with E-state index in [9.17, 15) is 0 Å².